The van der Waals surface area contributed by atoms with Crippen molar-refractivity contribution in [2.24, 2.45) is 0 Å². The minimum Gasteiger partial charge on any atom is -0.365 e. The number of fused-ring (bicyclic) bond motifs is 3. The molecule has 1 aromatic carbocycles. The van der Waals surface area contributed by atoms with Crippen LogP contribution >= 0.6 is 0 Å². The summed E-state index contributed by atoms with van der Waals surface area (Å²) in [4.78, 5) is 4.05. The molecule has 3 aromatic rings. The van der Waals surface area contributed by atoms with Gasteiger partial charge in [0.25, 0.3) is 0 Å². The average Bonchev–Trinajstić information content (AvgIpc) is 2.72. The second kappa shape index (κ2) is 2.13. The van der Waals surface area contributed by atoms with Gasteiger partial charge in [0.2, 0.25) is 13.8 Å². The topological polar surface area (TPSA) is 35.1 Å². The lowest BCUT2D eigenvalue weighted by Crippen LogP contribution is -1.91. The van der Waals surface area contributed by atoms with E-state index in [9.17, 15) is 0 Å². The Morgan fingerprint density at radius 2 is 1.92 bits per heavy atom. The Morgan fingerprint density at radius 1 is 1.15 bits per heavy atom. The van der Waals surface area contributed by atoms with E-state index in [0.29, 0.717) is 5.78 Å². The molecule has 5 heteroatoms. The summed E-state index contributed by atoms with van der Waals surface area (Å²) in [5, 5.41) is 4.07. The first-order valence-corrected chi connectivity index (χ1v) is 3.92. The van der Waals surface area contributed by atoms with Crippen LogP contribution in [-0.2, 0) is 0 Å². The number of hydrogen-bond acceptors (Lipinski definition) is 2. The van der Waals surface area contributed by atoms with E-state index in [2.05, 4.69) is 10.1 Å². The molecule has 0 saturated heterocycles. The van der Waals surface area contributed by atoms with Crippen LogP contribution in [0.5, 0.6) is 0 Å². The first kappa shape index (κ1) is 6.71. The molecule has 0 aliphatic carbocycles. The van der Waals surface area contributed by atoms with Crippen molar-refractivity contribution in [3.63, 3.8) is 0 Å². The summed E-state index contributed by atoms with van der Waals surface area (Å²) >= 11 is 0. The lowest BCUT2D eigenvalue weighted by molar-refractivity contribution is 1.00. The van der Waals surface area contributed by atoms with Crippen molar-refractivity contribution in [3.8, 4) is 0 Å². The molecular formula is C8H5BN4. The van der Waals surface area contributed by atoms with E-state index in [1.807, 2.05) is 24.3 Å². The van der Waals surface area contributed by atoms with Gasteiger partial charge in [0.05, 0.1) is 11.0 Å². The molecule has 2 heterocycles. The molecule has 0 N–H and O–H groups in total. The quantitative estimate of drug-likeness (QED) is 0.461. The van der Waals surface area contributed by atoms with Crippen molar-refractivity contribution in [1.29, 1.82) is 0 Å². The average molecular weight is 168 g/mol. The second-order valence-corrected chi connectivity index (χ2v) is 2.83. The van der Waals surface area contributed by atoms with Crippen molar-refractivity contribution in [3.05, 3.63) is 30.6 Å². The zero-order valence-corrected chi connectivity index (χ0v) is 6.75. The van der Waals surface area contributed by atoms with Gasteiger partial charge in [0.15, 0.2) is 0 Å². The maximum atomic E-state index is 5.81. The van der Waals surface area contributed by atoms with Crippen molar-refractivity contribution >= 4 is 24.8 Å². The van der Waals surface area contributed by atoms with Gasteiger partial charge in [-0.05, 0) is 12.1 Å². The van der Waals surface area contributed by atoms with Crippen molar-refractivity contribution in [2.45, 2.75) is 0 Å². The van der Waals surface area contributed by atoms with Crippen molar-refractivity contribution < 1.29 is 0 Å². The van der Waals surface area contributed by atoms with E-state index in [1.54, 1.807) is 4.52 Å². The highest BCUT2D eigenvalue weighted by molar-refractivity contribution is 6.13. The zero-order valence-electron chi connectivity index (χ0n) is 6.75. The third-order valence-corrected chi connectivity index (χ3v) is 2.11. The van der Waals surface area contributed by atoms with Crippen LogP contribution in [0.2, 0.25) is 0 Å². The number of aromatic nitrogens is 4. The molecule has 0 bridgehead atoms. The highest BCUT2D eigenvalue weighted by Gasteiger charge is 2.06. The molecule has 3 rings (SSSR count). The predicted octanol–water partition coefficient (Wildman–Crippen LogP) is 0.616. The summed E-state index contributed by atoms with van der Waals surface area (Å²) < 4.78 is 3.25. The van der Waals surface area contributed by atoms with Crippen LogP contribution in [0, 0.1) is 0 Å². The van der Waals surface area contributed by atoms with Gasteiger partial charge in [0, 0.05) is 0 Å². The summed E-state index contributed by atoms with van der Waals surface area (Å²) in [6.07, 6.45) is 1.49. The standard InChI is InChI=1S/C8H5BN4/c9-12-6-3-1-2-4-7(6)13-8(12)10-5-11-13/h1-5H. The third-order valence-electron chi connectivity index (χ3n) is 2.11. The smallest absolute Gasteiger partial charge is 0.239 e. The minimum absolute atomic E-state index is 0.654. The van der Waals surface area contributed by atoms with Gasteiger partial charge < -0.3 is 4.48 Å². The minimum atomic E-state index is 0.654. The number of rotatable bonds is 0. The van der Waals surface area contributed by atoms with Crippen LogP contribution in [0.25, 0.3) is 16.8 Å². The van der Waals surface area contributed by atoms with E-state index in [0.717, 1.165) is 11.0 Å². The molecule has 0 atom stereocenters. The Labute approximate surface area is 75.2 Å². The lowest BCUT2D eigenvalue weighted by Gasteiger charge is -1.91. The molecule has 0 saturated carbocycles. The second-order valence-electron chi connectivity index (χ2n) is 2.83. The van der Waals surface area contributed by atoms with Gasteiger partial charge in [-0.25, -0.2) is 4.98 Å². The van der Waals surface area contributed by atoms with Crippen molar-refractivity contribution in [1.82, 2.24) is 19.1 Å². The Morgan fingerprint density at radius 3 is 2.77 bits per heavy atom. The fraction of sp³-hybridized carbons (Fsp3) is 0. The number of nitrogens with zero attached hydrogens (tertiary/aromatic N) is 4. The summed E-state index contributed by atoms with van der Waals surface area (Å²) in [6, 6.07) is 7.78. The monoisotopic (exact) mass is 168 g/mol. The van der Waals surface area contributed by atoms with Gasteiger partial charge in [0.1, 0.15) is 6.33 Å². The van der Waals surface area contributed by atoms with Gasteiger partial charge in [-0.1, -0.05) is 12.1 Å². The molecule has 4 nitrogen and oxygen atoms in total. The van der Waals surface area contributed by atoms with Crippen LogP contribution in [0.15, 0.2) is 30.6 Å². The lowest BCUT2D eigenvalue weighted by atomic mass is 10.3. The van der Waals surface area contributed by atoms with Gasteiger partial charge in [-0.15, -0.1) is 0 Å². The Balaban J connectivity index is 2.72. The van der Waals surface area contributed by atoms with Crippen LogP contribution in [0.4, 0.5) is 0 Å². The molecule has 0 aliphatic rings. The number of imidazole rings is 1. The first-order chi connectivity index (χ1) is 6.38. The molecule has 13 heavy (non-hydrogen) atoms. The molecule has 2 radical (unpaired) electrons. The van der Waals surface area contributed by atoms with Crippen LogP contribution in [0.3, 0.4) is 0 Å². The summed E-state index contributed by atoms with van der Waals surface area (Å²) in [7, 11) is 5.81. The van der Waals surface area contributed by atoms with E-state index in [-0.39, 0.29) is 0 Å². The molecule has 0 unspecified atom stereocenters. The Kier molecular flexibility index (Phi) is 1.10. The summed E-state index contributed by atoms with van der Waals surface area (Å²) in [5.74, 6) is 0.654. The summed E-state index contributed by atoms with van der Waals surface area (Å²) in [5.41, 5.74) is 1.90. The zero-order chi connectivity index (χ0) is 8.84. The van der Waals surface area contributed by atoms with Gasteiger partial charge >= 0.3 is 0 Å². The van der Waals surface area contributed by atoms with Crippen LogP contribution in [0.1, 0.15) is 0 Å². The SMILES string of the molecule is [B]n1c2ccccc2n2ncnc12. The molecular weight excluding hydrogens is 163 g/mol. The van der Waals surface area contributed by atoms with Crippen LogP contribution < -0.4 is 0 Å². The highest BCUT2D eigenvalue weighted by Crippen LogP contribution is 2.15. The highest BCUT2D eigenvalue weighted by atomic mass is 15.3. The van der Waals surface area contributed by atoms with Crippen LogP contribution in [-0.4, -0.2) is 27.1 Å². The first-order valence-electron chi connectivity index (χ1n) is 3.92. The van der Waals surface area contributed by atoms with Gasteiger partial charge in [-0.2, -0.15) is 9.61 Å². The largest absolute Gasteiger partial charge is 0.365 e. The maximum Gasteiger partial charge on any atom is 0.239 e. The van der Waals surface area contributed by atoms with E-state index in [4.69, 9.17) is 7.98 Å². The third kappa shape index (κ3) is 0.709. The fourth-order valence-corrected chi connectivity index (χ4v) is 1.52. The molecule has 0 spiro atoms. The molecule has 60 valence electrons. The van der Waals surface area contributed by atoms with E-state index >= 15 is 0 Å². The maximum absolute atomic E-state index is 5.81. The molecule has 2 aromatic heterocycles. The number of hydrogen-bond donors (Lipinski definition) is 0. The van der Waals surface area contributed by atoms with E-state index in [1.165, 1.54) is 10.8 Å². The Bertz CT molecular complexity index is 580. The van der Waals surface area contributed by atoms with Crippen molar-refractivity contribution in [2.75, 3.05) is 0 Å². The van der Waals surface area contributed by atoms with Gasteiger partial charge in [-0.3, -0.25) is 0 Å². The molecule has 0 fully saturated rings. The number of benzene rings is 1. The fourth-order valence-electron chi connectivity index (χ4n) is 1.52. The number of para-hydroxylation sites is 2. The Hall–Kier alpha value is -1.78. The summed E-state index contributed by atoms with van der Waals surface area (Å²) in [6.45, 7) is 0. The van der Waals surface area contributed by atoms with E-state index < -0.39 is 0 Å². The predicted molar refractivity (Wildman–Crippen MR) is 49.6 cm³/mol. The molecule has 0 aliphatic heterocycles. The molecule has 0 amide bonds. The normalized spacial score (nSPS) is 11.4.